The largest absolute Gasteiger partial charge is 0.481 e. The smallest absolute Gasteiger partial charge is 0.341 e. The van der Waals surface area contributed by atoms with E-state index in [1.54, 1.807) is 0 Å². The molecule has 6 nitrogen and oxygen atoms in total. The van der Waals surface area contributed by atoms with E-state index in [1.165, 1.54) is 18.4 Å². The van der Waals surface area contributed by atoms with Gasteiger partial charge < -0.3 is 15.2 Å². The van der Waals surface area contributed by atoms with Gasteiger partial charge in [0.15, 0.2) is 0 Å². The van der Waals surface area contributed by atoms with Gasteiger partial charge in [-0.1, -0.05) is 0 Å². The zero-order chi connectivity index (χ0) is 16.1. The number of hydrogen-bond acceptors (Lipinski definition) is 5. The summed E-state index contributed by atoms with van der Waals surface area (Å²) in [7, 11) is 1.33. The number of carbonyl (C=O) groups excluding carboxylic acids is 2. The zero-order valence-electron chi connectivity index (χ0n) is 12.4. The molecular weight excluding hydrogens is 306 g/mol. The first-order chi connectivity index (χ1) is 10.5. The van der Waals surface area contributed by atoms with Crippen molar-refractivity contribution in [2.24, 2.45) is 0 Å². The fourth-order valence-electron chi connectivity index (χ4n) is 2.56. The number of esters is 1. The summed E-state index contributed by atoms with van der Waals surface area (Å²) in [5, 5.41) is 11.9. The van der Waals surface area contributed by atoms with E-state index >= 15 is 0 Å². The van der Waals surface area contributed by atoms with Gasteiger partial charge in [0.1, 0.15) is 5.00 Å². The van der Waals surface area contributed by atoms with Gasteiger partial charge in [0.2, 0.25) is 5.91 Å². The molecule has 2 N–H and O–H groups in total. The van der Waals surface area contributed by atoms with Crippen LogP contribution in [0.4, 0.5) is 5.00 Å². The van der Waals surface area contributed by atoms with E-state index in [-0.39, 0.29) is 25.2 Å². The number of carboxylic acids is 1. The molecule has 1 aliphatic rings. The number of carbonyl (C=O) groups is 3. The summed E-state index contributed by atoms with van der Waals surface area (Å²) in [4.78, 5) is 35.5. The monoisotopic (exact) mass is 325 g/mol. The number of aliphatic carboxylic acids is 1. The predicted octanol–water partition coefficient (Wildman–Crippen LogP) is 2.61. The number of fused-ring (bicyclic) bond motifs is 1. The summed E-state index contributed by atoms with van der Waals surface area (Å²) < 4.78 is 4.83. The van der Waals surface area contributed by atoms with Crippen LogP contribution in [0.5, 0.6) is 0 Å². The van der Waals surface area contributed by atoms with E-state index in [9.17, 15) is 14.4 Å². The van der Waals surface area contributed by atoms with E-state index in [1.807, 2.05) is 0 Å². The molecule has 0 saturated carbocycles. The highest BCUT2D eigenvalue weighted by molar-refractivity contribution is 7.17. The van der Waals surface area contributed by atoms with Crippen LogP contribution in [0.2, 0.25) is 0 Å². The van der Waals surface area contributed by atoms with Crippen LogP contribution < -0.4 is 5.32 Å². The third kappa shape index (κ3) is 3.85. The van der Waals surface area contributed by atoms with Crippen molar-refractivity contribution in [3.05, 3.63) is 16.0 Å². The molecule has 7 heteroatoms. The summed E-state index contributed by atoms with van der Waals surface area (Å²) in [5.41, 5.74) is 1.46. The van der Waals surface area contributed by atoms with Crippen molar-refractivity contribution in [1.82, 2.24) is 0 Å². The Balaban J connectivity index is 2.12. The molecule has 1 heterocycles. The van der Waals surface area contributed by atoms with Gasteiger partial charge in [-0.25, -0.2) is 4.79 Å². The highest BCUT2D eigenvalue weighted by atomic mass is 32.1. The molecule has 0 radical (unpaired) electrons. The number of hydrogen-bond donors (Lipinski definition) is 2. The normalized spacial score (nSPS) is 13.3. The van der Waals surface area contributed by atoms with Gasteiger partial charge in [0.05, 0.1) is 12.7 Å². The molecule has 0 fully saturated rings. The van der Waals surface area contributed by atoms with Crippen molar-refractivity contribution in [3.8, 4) is 0 Å². The van der Waals surface area contributed by atoms with E-state index in [0.29, 0.717) is 10.6 Å². The summed E-state index contributed by atoms with van der Waals surface area (Å²) in [6, 6.07) is 0. The molecule has 0 unspecified atom stereocenters. The van der Waals surface area contributed by atoms with Crippen LogP contribution in [0.3, 0.4) is 0 Å². The third-order valence-electron chi connectivity index (χ3n) is 3.61. The first-order valence-corrected chi connectivity index (χ1v) is 8.09. The maximum atomic E-state index is 12.0. The van der Waals surface area contributed by atoms with Crippen LogP contribution in [-0.2, 0) is 27.2 Å². The Labute approximate surface area is 132 Å². The molecule has 0 aromatic carbocycles. The number of carboxylic acid groups (broad SMARTS) is 1. The minimum atomic E-state index is -0.922. The van der Waals surface area contributed by atoms with E-state index in [0.717, 1.165) is 36.1 Å². The number of rotatable bonds is 6. The lowest BCUT2D eigenvalue weighted by Crippen LogP contribution is -2.15. The topological polar surface area (TPSA) is 92.7 Å². The van der Waals surface area contributed by atoms with Gasteiger partial charge in [-0.2, -0.15) is 0 Å². The Bertz CT molecular complexity index is 593. The first-order valence-electron chi connectivity index (χ1n) is 7.27. The molecule has 1 amide bonds. The molecular formula is C15H19NO5S. The second-order valence-electron chi connectivity index (χ2n) is 5.20. The van der Waals surface area contributed by atoms with E-state index < -0.39 is 11.9 Å². The highest BCUT2D eigenvalue weighted by Crippen LogP contribution is 2.38. The Morgan fingerprint density at radius 1 is 1.23 bits per heavy atom. The number of methoxy groups -OCH3 is 1. The van der Waals surface area contributed by atoms with Crippen molar-refractivity contribution in [1.29, 1.82) is 0 Å². The minimum Gasteiger partial charge on any atom is -0.481 e. The fourth-order valence-corrected chi connectivity index (χ4v) is 3.85. The molecule has 1 aromatic heterocycles. The zero-order valence-corrected chi connectivity index (χ0v) is 13.3. The molecule has 0 spiro atoms. The van der Waals surface area contributed by atoms with Crippen LogP contribution in [0, 0.1) is 0 Å². The lowest BCUT2D eigenvalue weighted by molar-refractivity contribution is -0.137. The molecule has 0 atom stereocenters. The fraction of sp³-hybridized carbons (Fsp3) is 0.533. The average molecular weight is 325 g/mol. The number of thiophene rings is 1. The summed E-state index contributed by atoms with van der Waals surface area (Å²) in [6.45, 7) is 0. The Hall–Kier alpha value is -1.89. The quantitative estimate of drug-likeness (QED) is 0.784. The Kier molecular flexibility index (Phi) is 5.54. The van der Waals surface area contributed by atoms with Crippen molar-refractivity contribution < 1.29 is 24.2 Å². The van der Waals surface area contributed by atoms with Gasteiger partial charge in [-0.3, -0.25) is 9.59 Å². The second kappa shape index (κ2) is 7.40. The summed E-state index contributed by atoms with van der Waals surface area (Å²) >= 11 is 1.42. The maximum absolute atomic E-state index is 12.0. The molecule has 0 bridgehead atoms. The van der Waals surface area contributed by atoms with Crippen LogP contribution in [0.25, 0.3) is 0 Å². The van der Waals surface area contributed by atoms with Crippen molar-refractivity contribution in [3.63, 3.8) is 0 Å². The molecule has 1 aromatic rings. The van der Waals surface area contributed by atoms with Crippen molar-refractivity contribution >= 4 is 34.2 Å². The Morgan fingerprint density at radius 2 is 1.95 bits per heavy atom. The van der Waals surface area contributed by atoms with Crippen LogP contribution in [-0.4, -0.2) is 30.1 Å². The predicted molar refractivity (Wildman–Crippen MR) is 82.4 cm³/mol. The van der Waals surface area contributed by atoms with Gasteiger partial charge in [-0.15, -0.1) is 11.3 Å². The lowest BCUT2D eigenvalue weighted by atomic mass is 9.95. The molecule has 0 saturated heterocycles. The van der Waals surface area contributed by atoms with E-state index in [4.69, 9.17) is 9.84 Å². The number of nitrogens with one attached hydrogen (secondary N) is 1. The maximum Gasteiger partial charge on any atom is 0.341 e. The summed E-state index contributed by atoms with van der Waals surface area (Å²) in [5.74, 6) is -1.63. The van der Waals surface area contributed by atoms with E-state index in [2.05, 4.69) is 5.32 Å². The van der Waals surface area contributed by atoms with Crippen LogP contribution >= 0.6 is 11.3 Å². The Morgan fingerprint density at radius 3 is 2.64 bits per heavy atom. The minimum absolute atomic E-state index is 0.0434. The average Bonchev–Trinajstić information content (AvgIpc) is 2.83. The van der Waals surface area contributed by atoms with Gasteiger partial charge >= 0.3 is 11.9 Å². The third-order valence-corrected chi connectivity index (χ3v) is 4.82. The lowest BCUT2D eigenvalue weighted by Gasteiger charge is -2.11. The summed E-state index contributed by atoms with van der Waals surface area (Å²) in [6.07, 6.45) is 4.21. The second-order valence-corrected chi connectivity index (χ2v) is 6.31. The standard InChI is InChI=1S/C15H19NO5S/c1-21-15(20)13-9-5-2-3-6-10(9)22-14(13)16-11(17)7-4-8-12(18)19/h2-8H2,1H3,(H,16,17)(H,18,19). The SMILES string of the molecule is COC(=O)c1c(NC(=O)CCCC(=O)O)sc2c1CCCC2. The molecule has 120 valence electrons. The van der Waals surface area contributed by atoms with Gasteiger partial charge in [-0.05, 0) is 37.7 Å². The molecule has 1 aliphatic carbocycles. The number of ether oxygens (including phenoxy) is 1. The first kappa shape index (κ1) is 16.5. The van der Waals surface area contributed by atoms with Gasteiger partial charge in [0, 0.05) is 17.7 Å². The van der Waals surface area contributed by atoms with Crippen LogP contribution in [0.1, 0.15) is 52.9 Å². The molecule has 2 rings (SSSR count). The highest BCUT2D eigenvalue weighted by Gasteiger charge is 2.26. The van der Waals surface area contributed by atoms with Crippen molar-refractivity contribution in [2.75, 3.05) is 12.4 Å². The van der Waals surface area contributed by atoms with Crippen LogP contribution in [0.15, 0.2) is 0 Å². The van der Waals surface area contributed by atoms with Crippen molar-refractivity contribution in [2.45, 2.75) is 44.9 Å². The molecule has 22 heavy (non-hydrogen) atoms. The number of amides is 1. The molecule has 0 aliphatic heterocycles. The number of anilines is 1. The number of aryl methyl sites for hydroxylation is 1. The van der Waals surface area contributed by atoms with Gasteiger partial charge in [0.25, 0.3) is 0 Å².